The molecule has 0 aliphatic rings. The van der Waals surface area contributed by atoms with Crippen molar-refractivity contribution < 1.29 is 4.92 Å². The van der Waals surface area contributed by atoms with Crippen LogP contribution in [0.25, 0.3) is 0 Å². The summed E-state index contributed by atoms with van der Waals surface area (Å²) < 4.78 is 0. The Kier molecular flexibility index (Phi) is 6.29. The van der Waals surface area contributed by atoms with Crippen LogP contribution in [0.15, 0.2) is 59.7 Å². The van der Waals surface area contributed by atoms with E-state index in [2.05, 4.69) is 17.5 Å². The summed E-state index contributed by atoms with van der Waals surface area (Å²) >= 11 is 0. The molecule has 2 aromatic rings. The zero-order valence-corrected chi connectivity index (χ0v) is 13.2. The standard InChI is InChI=1S/C18H21N3O2/c1-2-3-5-12-16(15-10-6-4-7-11-15)19-20-17-13-8-9-14-18(17)21(22)23/h4,6-11,13-14,20H,2-3,5,12H2,1H3. The molecule has 2 rings (SSSR count). The molecule has 120 valence electrons. The van der Waals surface area contributed by atoms with Crippen molar-refractivity contribution in [3.05, 3.63) is 70.3 Å². The minimum atomic E-state index is -0.406. The molecule has 1 N–H and O–H groups in total. The molecule has 0 atom stereocenters. The largest absolute Gasteiger partial charge is 0.294 e. The number of hydrazone groups is 1. The molecule has 0 heterocycles. The van der Waals surface area contributed by atoms with E-state index in [4.69, 9.17) is 0 Å². The summed E-state index contributed by atoms with van der Waals surface area (Å²) in [6.45, 7) is 2.16. The second-order valence-corrected chi connectivity index (χ2v) is 5.27. The van der Waals surface area contributed by atoms with Crippen LogP contribution < -0.4 is 5.43 Å². The van der Waals surface area contributed by atoms with Gasteiger partial charge in [-0.15, -0.1) is 0 Å². The lowest BCUT2D eigenvalue weighted by Gasteiger charge is -2.08. The van der Waals surface area contributed by atoms with Crippen molar-refractivity contribution in [3.63, 3.8) is 0 Å². The minimum Gasteiger partial charge on any atom is -0.271 e. The number of nitro groups is 1. The van der Waals surface area contributed by atoms with Crippen molar-refractivity contribution in [2.45, 2.75) is 32.6 Å². The van der Waals surface area contributed by atoms with Crippen LogP contribution in [-0.2, 0) is 0 Å². The van der Waals surface area contributed by atoms with Crippen molar-refractivity contribution >= 4 is 17.1 Å². The second-order valence-electron chi connectivity index (χ2n) is 5.27. The van der Waals surface area contributed by atoms with E-state index >= 15 is 0 Å². The first-order chi connectivity index (χ1) is 11.2. The number of nitro benzene ring substituents is 1. The van der Waals surface area contributed by atoms with Gasteiger partial charge in [-0.1, -0.05) is 62.2 Å². The van der Waals surface area contributed by atoms with Crippen LogP contribution in [0.4, 0.5) is 11.4 Å². The molecule has 0 radical (unpaired) electrons. The van der Waals surface area contributed by atoms with Crippen molar-refractivity contribution in [2.24, 2.45) is 5.10 Å². The molecule has 23 heavy (non-hydrogen) atoms. The predicted octanol–water partition coefficient (Wildman–Crippen LogP) is 4.99. The van der Waals surface area contributed by atoms with Crippen LogP contribution in [-0.4, -0.2) is 10.6 Å². The fourth-order valence-electron chi connectivity index (χ4n) is 2.29. The minimum absolute atomic E-state index is 0.0252. The first kappa shape index (κ1) is 16.7. The van der Waals surface area contributed by atoms with Crippen LogP contribution in [0, 0.1) is 10.1 Å². The van der Waals surface area contributed by atoms with Crippen LogP contribution in [0.3, 0.4) is 0 Å². The highest BCUT2D eigenvalue weighted by molar-refractivity contribution is 6.01. The molecule has 2 aromatic carbocycles. The van der Waals surface area contributed by atoms with E-state index < -0.39 is 4.92 Å². The van der Waals surface area contributed by atoms with E-state index in [9.17, 15) is 10.1 Å². The topological polar surface area (TPSA) is 67.5 Å². The molecule has 0 amide bonds. The van der Waals surface area contributed by atoms with Crippen LogP contribution in [0.2, 0.25) is 0 Å². The maximum absolute atomic E-state index is 11.1. The maximum atomic E-state index is 11.1. The number of benzene rings is 2. The Morgan fingerprint density at radius 1 is 1.09 bits per heavy atom. The first-order valence-electron chi connectivity index (χ1n) is 7.83. The molecular weight excluding hydrogens is 290 g/mol. The van der Waals surface area contributed by atoms with Crippen molar-refractivity contribution in [3.8, 4) is 0 Å². The van der Waals surface area contributed by atoms with Gasteiger partial charge in [0.15, 0.2) is 0 Å². The van der Waals surface area contributed by atoms with Gasteiger partial charge >= 0.3 is 0 Å². The Balaban J connectivity index is 2.22. The summed E-state index contributed by atoms with van der Waals surface area (Å²) in [7, 11) is 0. The summed E-state index contributed by atoms with van der Waals surface area (Å²) in [5.74, 6) is 0. The van der Waals surface area contributed by atoms with Gasteiger partial charge in [-0.2, -0.15) is 5.10 Å². The zero-order chi connectivity index (χ0) is 16.5. The van der Waals surface area contributed by atoms with Gasteiger partial charge in [0.05, 0.1) is 10.6 Å². The van der Waals surface area contributed by atoms with E-state index in [0.29, 0.717) is 5.69 Å². The van der Waals surface area contributed by atoms with Gasteiger partial charge in [0, 0.05) is 6.07 Å². The number of para-hydroxylation sites is 2. The Labute approximate surface area is 136 Å². The Morgan fingerprint density at radius 2 is 1.78 bits per heavy atom. The van der Waals surface area contributed by atoms with Crippen molar-refractivity contribution in [1.82, 2.24) is 0 Å². The summed E-state index contributed by atoms with van der Waals surface area (Å²) in [6, 6.07) is 16.4. The summed E-state index contributed by atoms with van der Waals surface area (Å²) in [5, 5.41) is 15.5. The van der Waals surface area contributed by atoms with Gasteiger partial charge in [-0.25, -0.2) is 0 Å². The third kappa shape index (κ3) is 4.92. The Hall–Kier alpha value is -2.69. The highest BCUT2D eigenvalue weighted by Gasteiger charge is 2.12. The summed E-state index contributed by atoms with van der Waals surface area (Å²) in [6.07, 6.45) is 4.16. The third-order valence-corrected chi connectivity index (χ3v) is 3.54. The number of hydrogen-bond donors (Lipinski definition) is 1. The van der Waals surface area contributed by atoms with E-state index in [1.54, 1.807) is 18.2 Å². The lowest BCUT2D eigenvalue weighted by molar-refractivity contribution is -0.384. The molecular formula is C18H21N3O2. The summed E-state index contributed by atoms with van der Waals surface area (Å²) in [4.78, 5) is 10.7. The molecule has 0 aliphatic heterocycles. The lowest BCUT2D eigenvalue weighted by atomic mass is 10.0. The monoisotopic (exact) mass is 311 g/mol. The fourth-order valence-corrected chi connectivity index (χ4v) is 2.29. The number of hydrogen-bond acceptors (Lipinski definition) is 4. The van der Waals surface area contributed by atoms with Gasteiger partial charge in [-0.05, 0) is 24.5 Å². The molecule has 0 spiro atoms. The van der Waals surface area contributed by atoms with E-state index in [0.717, 1.165) is 37.0 Å². The van der Waals surface area contributed by atoms with E-state index in [1.165, 1.54) is 6.07 Å². The summed E-state index contributed by atoms with van der Waals surface area (Å²) in [5.41, 5.74) is 5.25. The lowest BCUT2D eigenvalue weighted by Crippen LogP contribution is -2.05. The molecule has 5 nitrogen and oxygen atoms in total. The van der Waals surface area contributed by atoms with Gasteiger partial charge in [-0.3, -0.25) is 15.5 Å². The number of anilines is 1. The number of rotatable bonds is 8. The first-order valence-corrected chi connectivity index (χ1v) is 7.83. The molecule has 0 saturated carbocycles. The van der Waals surface area contributed by atoms with Crippen molar-refractivity contribution in [1.29, 1.82) is 0 Å². The molecule has 0 bridgehead atoms. The molecule has 0 aromatic heterocycles. The average Bonchev–Trinajstić information content (AvgIpc) is 2.59. The van der Waals surface area contributed by atoms with E-state index in [-0.39, 0.29) is 5.69 Å². The predicted molar refractivity (Wildman–Crippen MR) is 93.8 cm³/mol. The Bertz CT molecular complexity index is 669. The van der Waals surface area contributed by atoms with E-state index in [1.807, 2.05) is 30.3 Å². The SMILES string of the molecule is CCCCCC(=NNc1ccccc1[N+](=O)[O-])c1ccccc1. The Morgan fingerprint density at radius 3 is 2.48 bits per heavy atom. The van der Waals surface area contributed by atoms with Gasteiger partial charge in [0.25, 0.3) is 5.69 Å². The number of unbranched alkanes of at least 4 members (excludes halogenated alkanes) is 2. The third-order valence-electron chi connectivity index (χ3n) is 3.54. The van der Waals surface area contributed by atoms with Gasteiger partial charge < -0.3 is 0 Å². The van der Waals surface area contributed by atoms with Gasteiger partial charge in [0.1, 0.15) is 5.69 Å². The number of nitrogens with zero attached hydrogens (tertiary/aromatic N) is 2. The maximum Gasteiger partial charge on any atom is 0.294 e. The van der Waals surface area contributed by atoms with Gasteiger partial charge in [0.2, 0.25) is 0 Å². The smallest absolute Gasteiger partial charge is 0.271 e. The quantitative estimate of drug-likeness (QED) is 0.323. The van der Waals surface area contributed by atoms with Crippen LogP contribution in [0.5, 0.6) is 0 Å². The fraction of sp³-hybridized carbons (Fsp3) is 0.278. The molecule has 0 aliphatic carbocycles. The average molecular weight is 311 g/mol. The molecule has 0 unspecified atom stereocenters. The highest BCUT2D eigenvalue weighted by Crippen LogP contribution is 2.23. The number of nitrogens with one attached hydrogen (secondary N) is 1. The zero-order valence-electron chi connectivity index (χ0n) is 13.2. The normalized spacial score (nSPS) is 11.3. The second kappa shape index (κ2) is 8.68. The molecule has 5 heteroatoms. The molecule has 0 fully saturated rings. The van der Waals surface area contributed by atoms with Crippen LogP contribution >= 0.6 is 0 Å². The van der Waals surface area contributed by atoms with Crippen LogP contribution in [0.1, 0.15) is 38.2 Å². The highest BCUT2D eigenvalue weighted by atomic mass is 16.6. The van der Waals surface area contributed by atoms with Crippen molar-refractivity contribution in [2.75, 3.05) is 5.43 Å². The molecule has 0 saturated heterocycles.